The van der Waals surface area contributed by atoms with E-state index in [1.165, 1.54) is 30.6 Å². The number of anilines is 1. The molecule has 1 aromatic heterocycles. The molecule has 2 heterocycles. The Kier molecular flexibility index (Phi) is 6.85. The molecule has 0 radical (unpaired) electrons. The van der Waals surface area contributed by atoms with Crippen LogP contribution in [0.3, 0.4) is 0 Å². The lowest BCUT2D eigenvalue weighted by molar-refractivity contribution is -0.138. The number of benzene rings is 1. The van der Waals surface area contributed by atoms with Crippen molar-refractivity contribution in [2.45, 2.75) is 26.9 Å². The molecule has 0 saturated carbocycles. The van der Waals surface area contributed by atoms with Crippen molar-refractivity contribution >= 4 is 11.7 Å². The van der Waals surface area contributed by atoms with Gasteiger partial charge in [0.1, 0.15) is 23.7 Å². The Morgan fingerprint density at radius 3 is 2.45 bits per heavy atom. The summed E-state index contributed by atoms with van der Waals surface area (Å²) in [4.78, 5) is 25.1. The molecule has 8 heteroatoms. The van der Waals surface area contributed by atoms with Gasteiger partial charge in [0.15, 0.2) is 6.10 Å². The molecule has 29 heavy (non-hydrogen) atoms. The van der Waals surface area contributed by atoms with Gasteiger partial charge in [-0.2, -0.15) is 0 Å². The number of aromatic nitrogens is 2. The minimum Gasteiger partial charge on any atom is -0.481 e. The summed E-state index contributed by atoms with van der Waals surface area (Å²) in [7, 11) is 0. The summed E-state index contributed by atoms with van der Waals surface area (Å²) in [5.41, 5.74) is 0. The summed E-state index contributed by atoms with van der Waals surface area (Å²) in [5.74, 6) is 1.82. The van der Waals surface area contributed by atoms with Crippen molar-refractivity contribution in [3.05, 3.63) is 42.5 Å². The molecule has 2 aromatic rings. The maximum atomic E-state index is 13.0. The van der Waals surface area contributed by atoms with E-state index in [2.05, 4.69) is 28.7 Å². The van der Waals surface area contributed by atoms with Crippen LogP contribution in [-0.2, 0) is 4.79 Å². The number of carbonyl (C=O) groups is 1. The zero-order valence-corrected chi connectivity index (χ0v) is 17.0. The molecule has 1 atom stereocenters. The monoisotopic (exact) mass is 402 g/mol. The normalized spacial score (nSPS) is 15.3. The highest BCUT2D eigenvalue weighted by molar-refractivity contribution is 5.81. The molecule has 0 bridgehead atoms. The van der Waals surface area contributed by atoms with Gasteiger partial charge in [0.25, 0.3) is 5.91 Å². The molecular formula is C21H27FN4O3. The largest absolute Gasteiger partial charge is 0.481 e. The number of nitrogens with zero attached hydrogens (tertiary/aromatic N) is 4. The maximum absolute atomic E-state index is 13.0. The van der Waals surface area contributed by atoms with Gasteiger partial charge in [0.05, 0.1) is 6.61 Å². The molecule has 0 aliphatic carbocycles. The van der Waals surface area contributed by atoms with Crippen LogP contribution < -0.4 is 14.4 Å². The SMILES string of the molecule is CC(C)COc1cc(N2CCN(C(=O)C(C)Oc3ccc(F)cc3)CC2)ncn1. The first-order chi connectivity index (χ1) is 13.9. The lowest BCUT2D eigenvalue weighted by Gasteiger charge is -2.36. The van der Waals surface area contributed by atoms with Gasteiger partial charge in [0, 0.05) is 32.2 Å². The highest BCUT2D eigenvalue weighted by Crippen LogP contribution is 2.19. The Balaban J connectivity index is 1.52. The van der Waals surface area contributed by atoms with E-state index in [1.807, 2.05) is 6.07 Å². The van der Waals surface area contributed by atoms with Crippen LogP contribution in [-0.4, -0.2) is 59.7 Å². The minimum atomic E-state index is -0.637. The first-order valence-electron chi connectivity index (χ1n) is 9.83. The van der Waals surface area contributed by atoms with Gasteiger partial charge < -0.3 is 19.3 Å². The summed E-state index contributed by atoms with van der Waals surface area (Å²) >= 11 is 0. The first-order valence-corrected chi connectivity index (χ1v) is 9.83. The number of carbonyl (C=O) groups excluding carboxylic acids is 1. The Labute approximate surface area is 170 Å². The second-order valence-electron chi connectivity index (χ2n) is 7.45. The van der Waals surface area contributed by atoms with E-state index >= 15 is 0 Å². The zero-order valence-electron chi connectivity index (χ0n) is 17.0. The average molecular weight is 402 g/mol. The fraction of sp³-hybridized carbons (Fsp3) is 0.476. The number of rotatable bonds is 7. The molecule has 1 unspecified atom stereocenters. The molecule has 1 fully saturated rings. The summed E-state index contributed by atoms with van der Waals surface area (Å²) in [6.45, 7) is 8.94. The summed E-state index contributed by atoms with van der Waals surface area (Å²) in [6.07, 6.45) is 0.864. The van der Waals surface area contributed by atoms with Gasteiger partial charge in [-0.05, 0) is 37.1 Å². The first kappa shape index (κ1) is 20.8. The van der Waals surface area contributed by atoms with E-state index in [1.54, 1.807) is 11.8 Å². The van der Waals surface area contributed by atoms with E-state index in [9.17, 15) is 9.18 Å². The second kappa shape index (κ2) is 9.54. The highest BCUT2D eigenvalue weighted by atomic mass is 19.1. The number of halogens is 1. The van der Waals surface area contributed by atoms with Crippen LogP contribution in [0.4, 0.5) is 10.2 Å². The van der Waals surface area contributed by atoms with Crippen LogP contribution in [0.25, 0.3) is 0 Å². The fourth-order valence-electron chi connectivity index (χ4n) is 3.01. The van der Waals surface area contributed by atoms with Crippen molar-refractivity contribution in [1.29, 1.82) is 0 Å². The smallest absolute Gasteiger partial charge is 0.263 e. The Morgan fingerprint density at radius 2 is 1.79 bits per heavy atom. The summed E-state index contributed by atoms with van der Waals surface area (Å²) < 4.78 is 24.3. The summed E-state index contributed by atoms with van der Waals surface area (Å²) in [5, 5.41) is 0. The molecule has 1 amide bonds. The molecule has 1 aromatic carbocycles. The van der Waals surface area contributed by atoms with E-state index in [0.717, 1.165) is 5.82 Å². The van der Waals surface area contributed by atoms with Crippen LogP contribution in [0, 0.1) is 11.7 Å². The Morgan fingerprint density at radius 1 is 1.10 bits per heavy atom. The van der Waals surface area contributed by atoms with Gasteiger partial charge in [-0.25, -0.2) is 14.4 Å². The fourth-order valence-corrected chi connectivity index (χ4v) is 3.01. The van der Waals surface area contributed by atoms with Gasteiger partial charge in [0.2, 0.25) is 5.88 Å². The standard InChI is InChI=1S/C21H27FN4O3/c1-15(2)13-28-20-12-19(23-14-24-20)25-8-10-26(11-9-25)21(27)16(3)29-18-6-4-17(22)5-7-18/h4-7,12,14-16H,8-11,13H2,1-3H3. The van der Waals surface area contributed by atoms with Crippen molar-refractivity contribution in [3.8, 4) is 11.6 Å². The topological polar surface area (TPSA) is 67.8 Å². The third-order valence-electron chi connectivity index (χ3n) is 4.58. The lowest BCUT2D eigenvalue weighted by atomic mass is 10.2. The van der Waals surface area contributed by atoms with E-state index in [-0.39, 0.29) is 11.7 Å². The molecule has 156 valence electrons. The quantitative estimate of drug-likeness (QED) is 0.710. The second-order valence-corrected chi connectivity index (χ2v) is 7.45. The molecule has 0 N–H and O–H groups in total. The van der Waals surface area contributed by atoms with Crippen LogP contribution >= 0.6 is 0 Å². The highest BCUT2D eigenvalue weighted by Gasteiger charge is 2.26. The predicted octanol–water partition coefficient (Wildman–Crippen LogP) is 2.77. The van der Waals surface area contributed by atoms with Gasteiger partial charge in [-0.15, -0.1) is 0 Å². The predicted molar refractivity (Wildman–Crippen MR) is 108 cm³/mol. The Bertz CT molecular complexity index is 808. The third kappa shape index (κ3) is 5.79. The molecule has 0 spiro atoms. The van der Waals surface area contributed by atoms with E-state index in [4.69, 9.17) is 9.47 Å². The number of hydrogen-bond donors (Lipinski definition) is 0. The molecule has 1 saturated heterocycles. The van der Waals surface area contributed by atoms with Crippen molar-refractivity contribution in [2.75, 3.05) is 37.7 Å². The van der Waals surface area contributed by atoms with Crippen molar-refractivity contribution < 1.29 is 18.7 Å². The zero-order chi connectivity index (χ0) is 20.8. The number of amides is 1. The lowest BCUT2D eigenvalue weighted by Crippen LogP contribution is -2.52. The summed E-state index contributed by atoms with van der Waals surface area (Å²) in [6, 6.07) is 7.49. The molecule has 1 aliphatic heterocycles. The minimum absolute atomic E-state index is 0.0855. The maximum Gasteiger partial charge on any atom is 0.263 e. The average Bonchev–Trinajstić information content (AvgIpc) is 2.73. The third-order valence-corrected chi connectivity index (χ3v) is 4.58. The molecule has 7 nitrogen and oxygen atoms in total. The van der Waals surface area contributed by atoms with Gasteiger partial charge in [-0.3, -0.25) is 4.79 Å². The Hall–Kier alpha value is -2.90. The number of hydrogen-bond acceptors (Lipinski definition) is 6. The van der Waals surface area contributed by atoms with Crippen molar-refractivity contribution in [1.82, 2.24) is 14.9 Å². The van der Waals surface area contributed by atoms with Crippen molar-refractivity contribution in [2.24, 2.45) is 5.92 Å². The van der Waals surface area contributed by atoms with E-state index in [0.29, 0.717) is 50.3 Å². The van der Waals surface area contributed by atoms with Crippen LogP contribution in [0.5, 0.6) is 11.6 Å². The van der Waals surface area contributed by atoms with Crippen molar-refractivity contribution in [3.63, 3.8) is 0 Å². The van der Waals surface area contributed by atoms with Gasteiger partial charge >= 0.3 is 0 Å². The van der Waals surface area contributed by atoms with E-state index < -0.39 is 6.10 Å². The van der Waals surface area contributed by atoms with Crippen LogP contribution in [0.2, 0.25) is 0 Å². The van der Waals surface area contributed by atoms with Crippen LogP contribution in [0.1, 0.15) is 20.8 Å². The molecule has 1 aliphatic rings. The molecular weight excluding hydrogens is 375 g/mol. The molecule has 3 rings (SSSR count). The number of ether oxygens (including phenoxy) is 2. The van der Waals surface area contributed by atoms with Crippen LogP contribution in [0.15, 0.2) is 36.7 Å². The van der Waals surface area contributed by atoms with Gasteiger partial charge in [-0.1, -0.05) is 13.8 Å². The number of piperazine rings is 1.